The first-order chi connectivity index (χ1) is 12.5. The van der Waals surface area contributed by atoms with Gasteiger partial charge in [-0.2, -0.15) is 10.5 Å². The normalized spacial score (nSPS) is 9.31. The van der Waals surface area contributed by atoms with E-state index in [1.54, 1.807) is 24.3 Å². The van der Waals surface area contributed by atoms with Crippen molar-refractivity contribution in [3.63, 3.8) is 0 Å². The Balaban J connectivity index is 1.90. The van der Waals surface area contributed by atoms with Crippen molar-refractivity contribution in [3.8, 4) is 23.6 Å². The molecule has 2 aromatic carbocycles. The lowest BCUT2D eigenvalue weighted by Gasteiger charge is -2.07. The molecule has 0 saturated carbocycles. The molecule has 0 spiro atoms. The topological polar surface area (TPSA) is 126 Å². The largest absolute Gasteiger partial charge is 0.482 e. The summed E-state index contributed by atoms with van der Waals surface area (Å²) in [5.41, 5.74) is 0.501. The number of esters is 1. The first-order valence-corrected chi connectivity index (χ1v) is 7.21. The van der Waals surface area contributed by atoms with Gasteiger partial charge in [-0.3, -0.25) is 10.1 Å². The van der Waals surface area contributed by atoms with Gasteiger partial charge in [0.25, 0.3) is 5.69 Å². The van der Waals surface area contributed by atoms with Crippen LogP contribution in [0, 0.1) is 32.8 Å². The third kappa shape index (κ3) is 5.18. The number of nitriles is 2. The van der Waals surface area contributed by atoms with Crippen molar-refractivity contribution in [2.45, 2.75) is 0 Å². The number of carbonyl (C=O) groups excluding carboxylic acids is 1. The second kappa shape index (κ2) is 8.62. The van der Waals surface area contributed by atoms with Gasteiger partial charge < -0.3 is 9.47 Å². The summed E-state index contributed by atoms with van der Waals surface area (Å²) < 4.78 is 10.3. The summed E-state index contributed by atoms with van der Waals surface area (Å²) in [5.74, 6) is -0.0788. The highest BCUT2D eigenvalue weighted by Crippen LogP contribution is 2.18. The van der Waals surface area contributed by atoms with Crippen LogP contribution in [0.25, 0.3) is 6.08 Å². The predicted octanol–water partition coefficient (Wildman–Crippen LogP) is 3.01. The zero-order chi connectivity index (χ0) is 18.9. The second-order valence-electron chi connectivity index (χ2n) is 4.86. The molecule has 0 aliphatic carbocycles. The van der Waals surface area contributed by atoms with Gasteiger partial charge in [-0.25, -0.2) is 4.79 Å². The average molecular weight is 349 g/mol. The van der Waals surface area contributed by atoms with Crippen molar-refractivity contribution < 1.29 is 19.2 Å². The number of carbonyl (C=O) groups is 1. The first kappa shape index (κ1) is 18.2. The Hall–Kier alpha value is -4.17. The number of hydrogen-bond donors (Lipinski definition) is 0. The Bertz CT molecular complexity index is 903. The maximum Gasteiger partial charge on any atom is 0.349 e. The molecule has 0 fully saturated rings. The monoisotopic (exact) mass is 349 g/mol. The van der Waals surface area contributed by atoms with E-state index in [2.05, 4.69) is 0 Å². The highest BCUT2D eigenvalue weighted by molar-refractivity contribution is 5.74. The lowest BCUT2D eigenvalue weighted by molar-refractivity contribution is -0.384. The number of rotatable bonds is 6. The molecule has 26 heavy (non-hydrogen) atoms. The summed E-state index contributed by atoms with van der Waals surface area (Å²) in [7, 11) is 0. The number of hydrogen-bond acceptors (Lipinski definition) is 7. The third-order valence-electron chi connectivity index (χ3n) is 3.07. The van der Waals surface area contributed by atoms with Crippen LogP contribution in [0.3, 0.4) is 0 Å². The molecule has 0 bridgehead atoms. The van der Waals surface area contributed by atoms with Crippen LogP contribution in [0.2, 0.25) is 0 Å². The van der Waals surface area contributed by atoms with E-state index in [4.69, 9.17) is 20.0 Å². The van der Waals surface area contributed by atoms with E-state index in [1.165, 1.54) is 42.5 Å². The minimum absolute atomic E-state index is 0.0359. The molecule has 0 amide bonds. The minimum atomic E-state index is -0.651. The molecule has 8 nitrogen and oxygen atoms in total. The van der Waals surface area contributed by atoms with Crippen LogP contribution in [0.4, 0.5) is 5.69 Å². The van der Waals surface area contributed by atoms with Crippen LogP contribution in [-0.2, 0) is 4.79 Å². The fourth-order valence-corrected chi connectivity index (χ4v) is 1.86. The Morgan fingerprint density at radius 2 is 1.62 bits per heavy atom. The van der Waals surface area contributed by atoms with Gasteiger partial charge in [0.15, 0.2) is 6.61 Å². The molecule has 0 aromatic heterocycles. The predicted molar refractivity (Wildman–Crippen MR) is 89.9 cm³/mol. The van der Waals surface area contributed by atoms with Gasteiger partial charge >= 0.3 is 5.97 Å². The maximum absolute atomic E-state index is 11.8. The number of nitrogens with zero attached hydrogens (tertiary/aromatic N) is 3. The Labute approximate surface area is 148 Å². The van der Waals surface area contributed by atoms with Gasteiger partial charge in [0, 0.05) is 12.1 Å². The summed E-state index contributed by atoms with van der Waals surface area (Å²) in [6.07, 6.45) is 1.41. The number of nitro benzene ring substituents is 1. The summed E-state index contributed by atoms with van der Waals surface area (Å²) in [6, 6.07) is 15.0. The highest BCUT2D eigenvalue weighted by atomic mass is 16.6. The minimum Gasteiger partial charge on any atom is -0.482 e. The van der Waals surface area contributed by atoms with Crippen LogP contribution in [0.15, 0.2) is 54.1 Å². The molecule has 128 valence electrons. The Morgan fingerprint density at radius 3 is 2.15 bits per heavy atom. The molecule has 0 aliphatic heterocycles. The van der Waals surface area contributed by atoms with Crippen molar-refractivity contribution in [2.75, 3.05) is 6.61 Å². The van der Waals surface area contributed by atoms with Crippen molar-refractivity contribution >= 4 is 17.7 Å². The van der Waals surface area contributed by atoms with Crippen LogP contribution in [0.5, 0.6) is 11.5 Å². The smallest absolute Gasteiger partial charge is 0.349 e. The van der Waals surface area contributed by atoms with Gasteiger partial charge in [-0.15, -0.1) is 0 Å². The molecule has 0 atom stereocenters. The number of allylic oxidation sites excluding steroid dienone is 1. The van der Waals surface area contributed by atoms with Crippen LogP contribution >= 0.6 is 0 Å². The number of nitro groups is 1. The molecule has 0 unspecified atom stereocenters. The fraction of sp³-hybridized carbons (Fsp3) is 0.0556. The molecule has 0 N–H and O–H groups in total. The fourth-order valence-electron chi connectivity index (χ4n) is 1.86. The zero-order valence-electron chi connectivity index (χ0n) is 13.3. The van der Waals surface area contributed by atoms with E-state index in [-0.39, 0.29) is 23.6 Å². The molecular weight excluding hydrogens is 338 g/mol. The molecule has 0 radical (unpaired) electrons. The van der Waals surface area contributed by atoms with Crippen molar-refractivity contribution in [1.82, 2.24) is 0 Å². The van der Waals surface area contributed by atoms with E-state index >= 15 is 0 Å². The zero-order valence-corrected chi connectivity index (χ0v) is 13.3. The molecule has 2 aromatic rings. The van der Waals surface area contributed by atoms with E-state index < -0.39 is 10.9 Å². The van der Waals surface area contributed by atoms with Gasteiger partial charge in [0.05, 0.1) is 4.92 Å². The summed E-state index contributed by atoms with van der Waals surface area (Å²) >= 11 is 0. The van der Waals surface area contributed by atoms with Gasteiger partial charge in [-0.1, -0.05) is 12.1 Å². The van der Waals surface area contributed by atoms with Gasteiger partial charge in [-0.05, 0) is 35.9 Å². The molecule has 0 heterocycles. The Kier molecular flexibility index (Phi) is 6.02. The van der Waals surface area contributed by atoms with Crippen molar-refractivity contribution in [1.29, 1.82) is 10.5 Å². The molecule has 0 saturated heterocycles. The standard InChI is InChI=1S/C18H11N3O5/c19-10-14(11-20)9-13-1-5-17(6-2-13)26-18(22)12-25-16-7-3-15(4-8-16)21(23)24/h1-9H,12H2. The van der Waals surface area contributed by atoms with Crippen LogP contribution in [-0.4, -0.2) is 17.5 Å². The number of benzene rings is 2. The van der Waals surface area contributed by atoms with Crippen LogP contribution < -0.4 is 9.47 Å². The van der Waals surface area contributed by atoms with E-state index in [0.717, 1.165) is 0 Å². The van der Waals surface area contributed by atoms with Gasteiger partial charge in [0.1, 0.15) is 29.2 Å². The van der Waals surface area contributed by atoms with Crippen LogP contribution in [0.1, 0.15) is 5.56 Å². The molecule has 2 rings (SSSR count). The summed E-state index contributed by atoms with van der Waals surface area (Å²) in [4.78, 5) is 21.8. The lowest BCUT2D eigenvalue weighted by atomic mass is 10.1. The quantitative estimate of drug-likeness (QED) is 0.258. The Morgan fingerprint density at radius 1 is 1.04 bits per heavy atom. The van der Waals surface area contributed by atoms with E-state index in [9.17, 15) is 14.9 Å². The van der Waals surface area contributed by atoms with E-state index in [1.807, 2.05) is 0 Å². The molecular formula is C18H11N3O5. The van der Waals surface area contributed by atoms with E-state index in [0.29, 0.717) is 11.3 Å². The molecule has 8 heteroatoms. The number of non-ortho nitro benzene ring substituents is 1. The number of ether oxygens (including phenoxy) is 2. The third-order valence-corrected chi connectivity index (χ3v) is 3.07. The summed E-state index contributed by atoms with van der Waals surface area (Å²) in [6.45, 7) is -0.369. The highest BCUT2D eigenvalue weighted by Gasteiger charge is 2.08. The van der Waals surface area contributed by atoms with Gasteiger partial charge in [0.2, 0.25) is 0 Å². The van der Waals surface area contributed by atoms with Crippen molar-refractivity contribution in [3.05, 3.63) is 69.8 Å². The maximum atomic E-state index is 11.8. The average Bonchev–Trinajstić information content (AvgIpc) is 2.66. The first-order valence-electron chi connectivity index (χ1n) is 7.21. The lowest BCUT2D eigenvalue weighted by Crippen LogP contribution is -2.17. The second-order valence-corrected chi connectivity index (χ2v) is 4.86. The SMILES string of the molecule is N#CC(C#N)=Cc1ccc(OC(=O)COc2ccc([N+](=O)[O-])cc2)cc1. The van der Waals surface area contributed by atoms with Crippen molar-refractivity contribution in [2.24, 2.45) is 0 Å². The summed E-state index contributed by atoms with van der Waals surface area (Å²) in [5, 5.41) is 28.0. The molecule has 0 aliphatic rings.